The standard InChI is InChI=1S/C24H21ClF2O.C12H10BFO3.C12H13BrClF/c1-24(2,18-10-12-19(25)13-11-18)23(27)15-9-17-8-14-21(26)22(16-17)28-20-6-4-3-5-7-20;14-11-7-6-9(13(15)16)8-12(11)17-10-4-2-1-3-5-10;1-12(2,11(15)7-8-13)9-3-5-10(14)6-4-9/h3-8,10-16H,9H2,1-2H3;1-8,15-16H;3-7H,8H2,1-2H3/b23-15-;;11-7-. The molecule has 0 fully saturated rings. The van der Waals surface area contributed by atoms with Crippen molar-refractivity contribution >= 4 is 51.7 Å². The van der Waals surface area contributed by atoms with Gasteiger partial charge in [0.1, 0.15) is 23.2 Å². The van der Waals surface area contributed by atoms with E-state index in [1.54, 1.807) is 72.8 Å². The topological polar surface area (TPSA) is 58.9 Å². The summed E-state index contributed by atoms with van der Waals surface area (Å²) in [7, 11) is -1.64. The molecule has 6 rings (SSSR count). The molecule has 312 valence electrons. The molecule has 0 heterocycles. The molecule has 0 radical (unpaired) electrons. The van der Waals surface area contributed by atoms with Crippen molar-refractivity contribution in [2.75, 3.05) is 5.33 Å². The highest BCUT2D eigenvalue weighted by Crippen LogP contribution is 2.35. The number of alkyl halides is 1. The Morgan fingerprint density at radius 3 is 1.45 bits per heavy atom. The molecule has 6 aromatic carbocycles. The Morgan fingerprint density at radius 2 is 1.02 bits per heavy atom. The van der Waals surface area contributed by atoms with Gasteiger partial charge >= 0.3 is 7.12 Å². The van der Waals surface area contributed by atoms with Crippen molar-refractivity contribution in [2.24, 2.45) is 0 Å². The maximum Gasteiger partial charge on any atom is 0.488 e. The zero-order valence-electron chi connectivity index (χ0n) is 33.4. The van der Waals surface area contributed by atoms with Gasteiger partial charge in [0.2, 0.25) is 0 Å². The molecular weight excluding hydrogens is 878 g/mol. The quantitative estimate of drug-likeness (QED) is 0.0729. The summed E-state index contributed by atoms with van der Waals surface area (Å²) < 4.78 is 67.1. The highest BCUT2D eigenvalue weighted by atomic mass is 79.9. The van der Waals surface area contributed by atoms with Crippen LogP contribution < -0.4 is 14.9 Å². The molecule has 0 saturated heterocycles. The van der Waals surface area contributed by atoms with E-state index in [0.717, 1.165) is 22.8 Å². The zero-order valence-corrected chi connectivity index (χ0v) is 36.5. The lowest BCUT2D eigenvalue weighted by atomic mass is 9.80. The molecule has 0 aliphatic carbocycles. The number of para-hydroxylation sites is 2. The second-order valence-electron chi connectivity index (χ2n) is 14.4. The highest BCUT2D eigenvalue weighted by molar-refractivity contribution is 9.09. The van der Waals surface area contributed by atoms with Crippen LogP contribution in [0.1, 0.15) is 44.4 Å². The van der Waals surface area contributed by atoms with Gasteiger partial charge in [0, 0.05) is 26.2 Å². The van der Waals surface area contributed by atoms with Crippen molar-refractivity contribution in [3.8, 4) is 23.0 Å². The van der Waals surface area contributed by atoms with Crippen molar-refractivity contribution in [3.05, 3.63) is 208 Å². The molecule has 0 aliphatic rings. The van der Waals surface area contributed by atoms with E-state index in [9.17, 15) is 17.6 Å². The summed E-state index contributed by atoms with van der Waals surface area (Å²) in [5, 5.41) is 19.8. The predicted octanol–water partition coefficient (Wildman–Crippen LogP) is 13.8. The van der Waals surface area contributed by atoms with Crippen LogP contribution in [0.2, 0.25) is 10.0 Å². The van der Waals surface area contributed by atoms with Crippen LogP contribution in [-0.2, 0) is 17.3 Å². The van der Waals surface area contributed by atoms with Crippen LogP contribution in [0.4, 0.5) is 17.6 Å². The van der Waals surface area contributed by atoms with Gasteiger partial charge in [-0.1, -0.05) is 112 Å². The summed E-state index contributed by atoms with van der Waals surface area (Å²) in [4.78, 5) is 0. The number of ether oxygens (including phenoxy) is 2. The minimum Gasteiger partial charge on any atom is -0.454 e. The lowest BCUT2D eigenvalue weighted by molar-refractivity contribution is 0.423. The average molecular weight is 922 g/mol. The van der Waals surface area contributed by atoms with Crippen LogP contribution in [-0.4, -0.2) is 22.5 Å². The Labute approximate surface area is 368 Å². The van der Waals surface area contributed by atoms with E-state index in [1.165, 1.54) is 30.4 Å². The molecular formula is C48H44BBrCl2F4O4. The van der Waals surface area contributed by atoms with Gasteiger partial charge in [0.15, 0.2) is 23.1 Å². The first-order valence-electron chi connectivity index (χ1n) is 18.7. The number of allylic oxidation sites excluding steroid dienone is 4. The third-order valence-electron chi connectivity index (χ3n) is 9.29. The Morgan fingerprint density at radius 1 is 0.600 bits per heavy atom. The second kappa shape index (κ2) is 22.7. The minimum atomic E-state index is -1.64. The average Bonchev–Trinajstić information content (AvgIpc) is 3.23. The molecule has 0 aliphatic heterocycles. The van der Waals surface area contributed by atoms with Gasteiger partial charge in [-0.15, -0.1) is 0 Å². The number of halogens is 7. The molecule has 0 amide bonds. The van der Waals surface area contributed by atoms with Crippen molar-refractivity contribution in [1.82, 2.24) is 0 Å². The number of hydrogen-bond donors (Lipinski definition) is 2. The van der Waals surface area contributed by atoms with Gasteiger partial charge in [-0.05, 0) is 141 Å². The van der Waals surface area contributed by atoms with E-state index in [1.807, 2.05) is 76.2 Å². The Balaban J connectivity index is 0.000000213. The molecule has 0 aromatic heterocycles. The maximum atomic E-state index is 14.9. The smallest absolute Gasteiger partial charge is 0.454 e. The lowest BCUT2D eigenvalue weighted by Crippen LogP contribution is -2.29. The Kier molecular flexibility index (Phi) is 18.1. The largest absolute Gasteiger partial charge is 0.488 e. The van der Waals surface area contributed by atoms with E-state index >= 15 is 0 Å². The number of rotatable bonds is 12. The van der Waals surface area contributed by atoms with Crippen molar-refractivity contribution in [1.29, 1.82) is 0 Å². The summed E-state index contributed by atoms with van der Waals surface area (Å²) in [6, 6.07) is 40.3. The molecule has 12 heteroatoms. The van der Waals surface area contributed by atoms with Crippen LogP contribution >= 0.6 is 39.1 Å². The minimum absolute atomic E-state index is 0.0400. The van der Waals surface area contributed by atoms with Crippen LogP contribution in [0.3, 0.4) is 0 Å². The van der Waals surface area contributed by atoms with E-state index in [2.05, 4.69) is 15.9 Å². The zero-order chi connectivity index (χ0) is 43.9. The Hall–Kier alpha value is -4.84. The monoisotopic (exact) mass is 920 g/mol. The molecule has 0 bridgehead atoms. The first-order valence-corrected chi connectivity index (χ1v) is 20.6. The molecule has 6 aromatic rings. The molecule has 4 nitrogen and oxygen atoms in total. The second-order valence-corrected chi connectivity index (χ2v) is 15.9. The van der Waals surface area contributed by atoms with Crippen LogP contribution in [0.25, 0.3) is 0 Å². The van der Waals surface area contributed by atoms with Gasteiger partial charge in [0.25, 0.3) is 0 Å². The van der Waals surface area contributed by atoms with Crippen molar-refractivity contribution in [2.45, 2.75) is 44.9 Å². The summed E-state index contributed by atoms with van der Waals surface area (Å²) in [5.41, 5.74) is 1.30. The molecule has 0 atom stereocenters. The first kappa shape index (κ1) is 47.8. The fraction of sp³-hybridized carbons (Fsp3) is 0.167. The fourth-order valence-corrected chi connectivity index (χ4v) is 6.07. The van der Waals surface area contributed by atoms with E-state index < -0.39 is 29.6 Å². The lowest BCUT2D eigenvalue weighted by Gasteiger charge is -2.23. The molecule has 0 spiro atoms. The van der Waals surface area contributed by atoms with Crippen LogP contribution in [0, 0.1) is 11.6 Å². The number of hydrogen-bond acceptors (Lipinski definition) is 4. The SMILES string of the molecule is CC(C)(/C(F)=C/CBr)c1ccc(Cl)cc1.CC(C)(/C(F)=C/Cc1ccc(F)c(Oc2ccccc2)c1)c1ccc(Cl)cc1.OB(O)c1ccc(F)c(Oc2ccccc2)c1. The van der Waals surface area contributed by atoms with E-state index in [4.69, 9.17) is 42.7 Å². The van der Waals surface area contributed by atoms with Gasteiger partial charge in [-0.2, -0.15) is 0 Å². The number of benzene rings is 6. The van der Waals surface area contributed by atoms with Crippen LogP contribution in [0.5, 0.6) is 23.0 Å². The predicted molar refractivity (Wildman–Crippen MR) is 240 cm³/mol. The highest BCUT2D eigenvalue weighted by Gasteiger charge is 2.27. The third-order valence-corrected chi connectivity index (χ3v) is 10.1. The first-order chi connectivity index (χ1) is 28.5. The van der Waals surface area contributed by atoms with Crippen molar-refractivity contribution < 1.29 is 37.1 Å². The summed E-state index contributed by atoms with van der Waals surface area (Å²) in [6.07, 6.45) is 3.39. The summed E-state index contributed by atoms with van der Waals surface area (Å²) in [5.74, 6) is -0.306. The van der Waals surface area contributed by atoms with Crippen LogP contribution in [0.15, 0.2) is 169 Å². The van der Waals surface area contributed by atoms with E-state index in [0.29, 0.717) is 33.3 Å². The summed E-state index contributed by atoms with van der Waals surface area (Å²) >= 11 is 14.9. The van der Waals surface area contributed by atoms with Gasteiger partial charge < -0.3 is 19.5 Å². The summed E-state index contributed by atoms with van der Waals surface area (Å²) in [6.45, 7) is 7.34. The van der Waals surface area contributed by atoms with E-state index in [-0.39, 0.29) is 28.6 Å². The van der Waals surface area contributed by atoms with Gasteiger partial charge in [-0.3, -0.25) is 0 Å². The maximum absolute atomic E-state index is 14.9. The van der Waals surface area contributed by atoms with Gasteiger partial charge in [-0.25, -0.2) is 17.6 Å². The molecule has 2 N–H and O–H groups in total. The Bertz CT molecular complexity index is 2330. The van der Waals surface area contributed by atoms with Crippen molar-refractivity contribution in [3.63, 3.8) is 0 Å². The molecule has 60 heavy (non-hydrogen) atoms. The third kappa shape index (κ3) is 14.1. The van der Waals surface area contributed by atoms with Gasteiger partial charge in [0.05, 0.1) is 0 Å². The fourth-order valence-electron chi connectivity index (χ4n) is 5.54. The molecule has 0 unspecified atom stereocenters. The molecule has 0 saturated carbocycles. The normalized spacial score (nSPS) is 11.8.